The number of carbonyl (C=O) groups excluding carboxylic acids is 1. The van der Waals surface area contributed by atoms with Crippen LogP contribution >= 0.6 is 11.3 Å². The van der Waals surface area contributed by atoms with Gasteiger partial charge in [0.15, 0.2) is 10.8 Å². The largest absolute Gasteiger partial charge is 0.496 e. The number of aryl methyl sites for hydroxylation is 2. The molecule has 0 aliphatic heterocycles. The summed E-state index contributed by atoms with van der Waals surface area (Å²) < 4.78 is 5.42. The molecular weight excluding hydrogens is 348 g/mol. The zero-order chi connectivity index (χ0) is 18.7. The van der Waals surface area contributed by atoms with Crippen LogP contribution in [-0.2, 0) is 0 Å². The van der Waals surface area contributed by atoms with Crippen LogP contribution in [0.15, 0.2) is 36.7 Å². The van der Waals surface area contributed by atoms with E-state index >= 15 is 0 Å². The summed E-state index contributed by atoms with van der Waals surface area (Å²) in [6.07, 6.45) is 3.32. The Morgan fingerprint density at radius 2 is 1.96 bits per heavy atom. The molecule has 0 radical (unpaired) electrons. The second-order valence-corrected chi connectivity index (χ2v) is 6.95. The SMILES string of the molecule is COc1ccc(C)cc1[C@H](C)NC(=O)c1sc(-c2ncccn2)nc1C. The number of amides is 1. The highest BCUT2D eigenvalue weighted by Crippen LogP contribution is 2.28. The van der Waals surface area contributed by atoms with Gasteiger partial charge in [0, 0.05) is 18.0 Å². The van der Waals surface area contributed by atoms with E-state index in [-0.39, 0.29) is 11.9 Å². The Morgan fingerprint density at radius 3 is 2.65 bits per heavy atom. The van der Waals surface area contributed by atoms with Gasteiger partial charge in [0.1, 0.15) is 10.6 Å². The molecule has 2 aromatic heterocycles. The molecule has 0 bridgehead atoms. The smallest absolute Gasteiger partial charge is 0.263 e. The number of nitrogens with zero attached hydrogens (tertiary/aromatic N) is 3. The van der Waals surface area contributed by atoms with Gasteiger partial charge in [0.25, 0.3) is 5.91 Å². The van der Waals surface area contributed by atoms with Crippen LogP contribution in [0.5, 0.6) is 5.75 Å². The van der Waals surface area contributed by atoms with E-state index in [1.165, 1.54) is 11.3 Å². The van der Waals surface area contributed by atoms with E-state index in [4.69, 9.17) is 4.74 Å². The molecule has 1 amide bonds. The van der Waals surface area contributed by atoms with Crippen molar-refractivity contribution in [1.29, 1.82) is 0 Å². The summed E-state index contributed by atoms with van der Waals surface area (Å²) in [7, 11) is 1.63. The number of rotatable bonds is 5. The summed E-state index contributed by atoms with van der Waals surface area (Å²) in [6.45, 7) is 5.76. The van der Waals surface area contributed by atoms with Crippen LogP contribution in [0.4, 0.5) is 0 Å². The third-order valence-corrected chi connectivity index (χ3v) is 5.11. The van der Waals surface area contributed by atoms with E-state index in [9.17, 15) is 4.79 Å². The lowest BCUT2D eigenvalue weighted by Gasteiger charge is -2.17. The maximum atomic E-state index is 12.8. The Balaban J connectivity index is 1.82. The lowest BCUT2D eigenvalue weighted by molar-refractivity contribution is 0.0943. The van der Waals surface area contributed by atoms with Gasteiger partial charge in [-0.2, -0.15) is 0 Å². The molecule has 0 saturated carbocycles. The van der Waals surface area contributed by atoms with Crippen LogP contribution in [0.25, 0.3) is 10.8 Å². The van der Waals surface area contributed by atoms with E-state index in [1.807, 2.05) is 39.0 Å². The number of carbonyl (C=O) groups is 1. The highest BCUT2D eigenvalue weighted by atomic mass is 32.1. The molecule has 3 aromatic rings. The van der Waals surface area contributed by atoms with Crippen LogP contribution in [-0.4, -0.2) is 28.0 Å². The Morgan fingerprint density at radius 1 is 1.23 bits per heavy atom. The molecule has 2 heterocycles. The van der Waals surface area contributed by atoms with Crippen LogP contribution in [0.3, 0.4) is 0 Å². The maximum Gasteiger partial charge on any atom is 0.263 e. The van der Waals surface area contributed by atoms with E-state index in [2.05, 4.69) is 20.3 Å². The van der Waals surface area contributed by atoms with Gasteiger partial charge < -0.3 is 10.1 Å². The Labute approximate surface area is 156 Å². The predicted molar refractivity (Wildman–Crippen MR) is 101 cm³/mol. The number of ether oxygens (including phenoxy) is 1. The third kappa shape index (κ3) is 3.72. The average Bonchev–Trinajstić information content (AvgIpc) is 3.04. The van der Waals surface area contributed by atoms with Gasteiger partial charge in [-0.15, -0.1) is 11.3 Å². The Hall–Kier alpha value is -2.80. The second-order valence-electron chi connectivity index (χ2n) is 5.95. The Kier molecular flexibility index (Phi) is 5.27. The minimum absolute atomic E-state index is 0.168. The first kappa shape index (κ1) is 18.0. The summed E-state index contributed by atoms with van der Waals surface area (Å²) >= 11 is 1.29. The Bertz CT molecular complexity index is 925. The number of aromatic nitrogens is 3. The van der Waals surface area contributed by atoms with E-state index in [0.29, 0.717) is 21.4 Å². The number of hydrogen-bond donors (Lipinski definition) is 1. The minimum atomic E-state index is -0.199. The molecule has 1 N–H and O–H groups in total. The maximum absolute atomic E-state index is 12.8. The van der Waals surface area contributed by atoms with Crippen molar-refractivity contribution in [2.45, 2.75) is 26.8 Å². The van der Waals surface area contributed by atoms with Crippen LogP contribution in [0, 0.1) is 13.8 Å². The number of thiazole rings is 1. The minimum Gasteiger partial charge on any atom is -0.496 e. The van der Waals surface area contributed by atoms with Gasteiger partial charge in [-0.25, -0.2) is 15.0 Å². The van der Waals surface area contributed by atoms with Crippen molar-refractivity contribution in [3.63, 3.8) is 0 Å². The van der Waals surface area contributed by atoms with Crippen LogP contribution in [0.1, 0.15) is 39.5 Å². The number of methoxy groups -OCH3 is 1. The first-order valence-electron chi connectivity index (χ1n) is 8.19. The van der Waals surface area contributed by atoms with Gasteiger partial charge in [-0.3, -0.25) is 4.79 Å². The molecule has 1 aromatic carbocycles. The molecule has 1 atom stereocenters. The summed E-state index contributed by atoms with van der Waals surface area (Å²) in [6, 6.07) is 7.46. The topological polar surface area (TPSA) is 77.0 Å². The van der Waals surface area contributed by atoms with Gasteiger partial charge in [0.05, 0.1) is 18.8 Å². The summed E-state index contributed by atoms with van der Waals surface area (Å²) in [5.74, 6) is 1.11. The zero-order valence-corrected chi connectivity index (χ0v) is 15.9. The molecule has 0 saturated heterocycles. The van der Waals surface area contributed by atoms with Crippen molar-refractivity contribution in [1.82, 2.24) is 20.3 Å². The van der Waals surface area contributed by atoms with Crippen molar-refractivity contribution in [2.24, 2.45) is 0 Å². The van der Waals surface area contributed by atoms with Gasteiger partial charge in [-0.1, -0.05) is 17.7 Å². The fourth-order valence-electron chi connectivity index (χ4n) is 2.64. The highest BCUT2D eigenvalue weighted by molar-refractivity contribution is 7.17. The molecule has 0 fully saturated rings. The molecule has 0 aliphatic carbocycles. The standard InChI is InChI=1S/C19H20N4O2S/c1-11-6-7-15(25-4)14(10-11)12(2)22-18(24)16-13(3)23-19(26-16)17-20-8-5-9-21-17/h5-10,12H,1-4H3,(H,22,24)/t12-/m0/s1. The first-order chi connectivity index (χ1) is 12.5. The highest BCUT2D eigenvalue weighted by Gasteiger charge is 2.20. The summed E-state index contributed by atoms with van der Waals surface area (Å²) in [5.41, 5.74) is 2.72. The molecular formula is C19H20N4O2S. The summed E-state index contributed by atoms with van der Waals surface area (Å²) in [5, 5.41) is 3.66. The van der Waals surface area contributed by atoms with Crippen molar-refractivity contribution in [3.05, 3.63) is 58.4 Å². The van der Waals surface area contributed by atoms with E-state index in [1.54, 1.807) is 25.6 Å². The quantitative estimate of drug-likeness (QED) is 0.743. The van der Waals surface area contributed by atoms with Crippen molar-refractivity contribution in [2.75, 3.05) is 7.11 Å². The molecule has 134 valence electrons. The van der Waals surface area contributed by atoms with E-state index in [0.717, 1.165) is 16.9 Å². The van der Waals surface area contributed by atoms with Crippen LogP contribution < -0.4 is 10.1 Å². The van der Waals surface area contributed by atoms with E-state index < -0.39 is 0 Å². The molecule has 0 unspecified atom stereocenters. The monoisotopic (exact) mass is 368 g/mol. The molecule has 0 spiro atoms. The molecule has 3 rings (SSSR count). The van der Waals surface area contributed by atoms with Gasteiger partial charge >= 0.3 is 0 Å². The number of benzene rings is 1. The zero-order valence-electron chi connectivity index (χ0n) is 15.1. The fourth-order valence-corrected chi connectivity index (χ4v) is 3.56. The molecule has 0 aliphatic rings. The van der Waals surface area contributed by atoms with Crippen molar-refractivity contribution < 1.29 is 9.53 Å². The average molecular weight is 368 g/mol. The van der Waals surface area contributed by atoms with Crippen LogP contribution in [0.2, 0.25) is 0 Å². The lowest BCUT2D eigenvalue weighted by atomic mass is 10.0. The number of nitrogens with one attached hydrogen (secondary N) is 1. The lowest BCUT2D eigenvalue weighted by Crippen LogP contribution is -2.26. The third-order valence-electron chi connectivity index (χ3n) is 3.96. The molecule has 26 heavy (non-hydrogen) atoms. The van der Waals surface area contributed by atoms with Crippen molar-refractivity contribution in [3.8, 4) is 16.6 Å². The second kappa shape index (κ2) is 7.61. The van der Waals surface area contributed by atoms with Gasteiger partial charge in [-0.05, 0) is 32.9 Å². The predicted octanol–water partition coefficient (Wildman–Crippen LogP) is 3.72. The molecule has 7 heteroatoms. The first-order valence-corrected chi connectivity index (χ1v) is 9.01. The molecule has 6 nitrogen and oxygen atoms in total. The van der Waals surface area contributed by atoms with Crippen molar-refractivity contribution >= 4 is 17.2 Å². The summed E-state index contributed by atoms with van der Waals surface area (Å²) in [4.78, 5) is 26.1. The normalized spacial score (nSPS) is 11.8. The number of hydrogen-bond acceptors (Lipinski definition) is 6. The van der Waals surface area contributed by atoms with Gasteiger partial charge in [0.2, 0.25) is 0 Å². The fraction of sp³-hybridized carbons (Fsp3) is 0.263.